The number of carbonyl (C=O) groups is 3. The number of esters is 1. The SMILES string of the molecule is CCOC(=O)C1=C(CN2CCN(C(=O)c3ccccc3F)[C@H](C)C2)N(CC)C(=O)N[C@H]1c1ccc(Cl)cc1. The Kier molecular flexibility index (Phi) is 8.69. The minimum Gasteiger partial charge on any atom is -0.463 e. The molecule has 2 aliphatic rings. The fraction of sp³-hybridized carbons (Fsp3) is 0.393. The highest BCUT2D eigenvalue weighted by atomic mass is 35.5. The minimum absolute atomic E-state index is 0.0482. The maximum Gasteiger partial charge on any atom is 0.338 e. The third-order valence-electron chi connectivity index (χ3n) is 6.90. The van der Waals surface area contributed by atoms with Crippen LogP contribution >= 0.6 is 11.6 Å². The molecule has 4 rings (SSSR count). The molecule has 0 spiro atoms. The maximum atomic E-state index is 14.2. The lowest BCUT2D eigenvalue weighted by Crippen LogP contribution is -2.56. The molecule has 3 amide bonds. The van der Waals surface area contributed by atoms with E-state index >= 15 is 0 Å². The van der Waals surface area contributed by atoms with E-state index in [1.54, 1.807) is 53.1 Å². The van der Waals surface area contributed by atoms with Crippen molar-refractivity contribution in [2.75, 3.05) is 39.3 Å². The van der Waals surface area contributed by atoms with Gasteiger partial charge in [0.15, 0.2) is 0 Å². The highest BCUT2D eigenvalue weighted by Gasteiger charge is 2.39. The Balaban J connectivity index is 1.63. The molecule has 8 nitrogen and oxygen atoms in total. The van der Waals surface area contributed by atoms with Crippen LogP contribution in [0.5, 0.6) is 0 Å². The molecular weight excluding hydrogens is 511 g/mol. The number of piperazine rings is 1. The molecule has 0 saturated carbocycles. The number of likely N-dealkylation sites (N-methyl/N-ethyl adjacent to an activating group) is 1. The summed E-state index contributed by atoms with van der Waals surface area (Å²) in [6.07, 6.45) is 0. The monoisotopic (exact) mass is 542 g/mol. The average Bonchev–Trinajstić information content (AvgIpc) is 2.89. The van der Waals surface area contributed by atoms with Crippen LogP contribution in [-0.2, 0) is 9.53 Å². The zero-order valence-corrected chi connectivity index (χ0v) is 22.5. The van der Waals surface area contributed by atoms with E-state index in [-0.39, 0.29) is 30.2 Å². The van der Waals surface area contributed by atoms with E-state index in [1.807, 2.05) is 13.8 Å². The molecule has 2 aromatic carbocycles. The van der Waals surface area contributed by atoms with E-state index in [1.165, 1.54) is 12.1 Å². The number of benzene rings is 2. The lowest BCUT2D eigenvalue weighted by molar-refractivity contribution is -0.139. The lowest BCUT2D eigenvalue weighted by Gasteiger charge is -2.43. The third kappa shape index (κ3) is 5.68. The van der Waals surface area contributed by atoms with Crippen molar-refractivity contribution in [3.8, 4) is 0 Å². The topological polar surface area (TPSA) is 82.2 Å². The van der Waals surface area contributed by atoms with Crippen LogP contribution in [0, 0.1) is 5.82 Å². The molecule has 0 radical (unpaired) electrons. The predicted molar refractivity (Wildman–Crippen MR) is 142 cm³/mol. The molecule has 2 aliphatic heterocycles. The molecule has 0 bridgehead atoms. The summed E-state index contributed by atoms with van der Waals surface area (Å²) in [6.45, 7) is 7.73. The summed E-state index contributed by atoms with van der Waals surface area (Å²) in [5.41, 5.74) is 1.70. The molecule has 0 aliphatic carbocycles. The average molecular weight is 543 g/mol. The van der Waals surface area contributed by atoms with Gasteiger partial charge in [-0.1, -0.05) is 35.9 Å². The van der Waals surface area contributed by atoms with Gasteiger partial charge in [0.25, 0.3) is 5.91 Å². The first kappa shape index (κ1) is 27.6. The highest BCUT2D eigenvalue weighted by Crippen LogP contribution is 2.33. The molecule has 2 heterocycles. The fourth-order valence-electron chi connectivity index (χ4n) is 5.04. The van der Waals surface area contributed by atoms with Crippen LogP contribution in [0.4, 0.5) is 9.18 Å². The minimum atomic E-state index is -0.696. The van der Waals surface area contributed by atoms with E-state index < -0.39 is 17.8 Å². The number of nitrogens with one attached hydrogen (secondary N) is 1. The second-order valence-electron chi connectivity index (χ2n) is 9.32. The van der Waals surface area contributed by atoms with Crippen LogP contribution in [0.1, 0.15) is 42.7 Å². The third-order valence-corrected chi connectivity index (χ3v) is 7.16. The number of hydrogen-bond acceptors (Lipinski definition) is 5. The van der Waals surface area contributed by atoms with E-state index in [2.05, 4.69) is 10.2 Å². The number of halogens is 2. The van der Waals surface area contributed by atoms with E-state index in [9.17, 15) is 18.8 Å². The number of hydrogen-bond donors (Lipinski definition) is 1. The van der Waals surface area contributed by atoms with Crippen LogP contribution in [0.3, 0.4) is 0 Å². The number of carbonyl (C=O) groups excluding carboxylic acids is 3. The first-order valence-electron chi connectivity index (χ1n) is 12.8. The summed E-state index contributed by atoms with van der Waals surface area (Å²) in [5, 5.41) is 3.49. The smallest absolute Gasteiger partial charge is 0.338 e. The standard InChI is InChI=1S/C28H32ClFN4O4/c1-4-33-23(17-32-14-15-34(18(3)16-32)26(35)21-8-6-7-9-22(21)30)24(27(36)38-5-2)25(31-28(33)37)19-10-12-20(29)13-11-19/h6-13,18,25H,4-5,14-17H2,1-3H3,(H,31,37)/t18-,25+/m1/s1. The van der Waals surface area contributed by atoms with Crippen LogP contribution < -0.4 is 5.32 Å². The Morgan fingerprint density at radius 2 is 1.82 bits per heavy atom. The Morgan fingerprint density at radius 1 is 1.11 bits per heavy atom. The Bertz CT molecular complexity index is 1240. The first-order valence-corrected chi connectivity index (χ1v) is 13.1. The van der Waals surface area contributed by atoms with Gasteiger partial charge in [0.2, 0.25) is 0 Å². The summed E-state index contributed by atoms with van der Waals surface area (Å²) in [6, 6.07) is 11.7. The molecule has 2 aromatic rings. The van der Waals surface area contributed by atoms with Crippen LogP contribution in [0.2, 0.25) is 5.02 Å². The van der Waals surface area contributed by atoms with Gasteiger partial charge in [-0.2, -0.15) is 0 Å². The normalized spacial score (nSPS) is 20.4. The summed E-state index contributed by atoms with van der Waals surface area (Å²) >= 11 is 6.07. The van der Waals surface area contributed by atoms with Crippen LogP contribution in [0.15, 0.2) is 59.8 Å². The Morgan fingerprint density at radius 3 is 2.45 bits per heavy atom. The second kappa shape index (κ2) is 12.0. The Labute approximate surface area is 227 Å². The Hall–Kier alpha value is -3.43. The molecule has 202 valence electrons. The second-order valence-corrected chi connectivity index (χ2v) is 9.76. The molecule has 10 heteroatoms. The molecular formula is C28H32ClFN4O4. The van der Waals surface area contributed by atoms with Gasteiger partial charge in [0.1, 0.15) is 5.82 Å². The number of amides is 3. The maximum absolute atomic E-state index is 14.2. The number of rotatable bonds is 7. The highest BCUT2D eigenvalue weighted by molar-refractivity contribution is 6.30. The molecule has 1 saturated heterocycles. The van der Waals surface area contributed by atoms with Gasteiger partial charge in [-0.05, 0) is 50.6 Å². The van der Waals surface area contributed by atoms with Crippen molar-refractivity contribution in [3.05, 3.63) is 81.8 Å². The van der Waals surface area contributed by atoms with Gasteiger partial charge >= 0.3 is 12.0 Å². The summed E-state index contributed by atoms with van der Waals surface area (Å²) in [4.78, 5) is 44.8. The molecule has 2 atom stereocenters. The van der Waals surface area contributed by atoms with Crippen molar-refractivity contribution in [1.29, 1.82) is 0 Å². The number of nitrogens with zero attached hydrogens (tertiary/aromatic N) is 3. The quantitative estimate of drug-likeness (QED) is 0.530. The molecule has 0 unspecified atom stereocenters. The summed E-state index contributed by atoms with van der Waals surface area (Å²) in [5.74, 6) is -1.39. The number of urea groups is 1. The molecule has 0 aromatic heterocycles. The van der Waals surface area contributed by atoms with Gasteiger partial charge in [-0.3, -0.25) is 14.6 Å². The van der Waals surface area contributed by atoms with Gasteiger partial charge < -0.3 is 15.0 Å². The van der Waals surface area contributed by atoms with E-state index in [0.717, 1.165) is 0 Å². The zero-order valence-electron chi connectivity index (χ0n) is 21.7. The molecule has 1 fully saturated rings. The van der Waals surface area contributed by atoms with Crippen molar-refractivity contribution in [2.24, 2.45) is 0 Å². The fourth-order valence-corrected chi connectivity index (χ4v) is 5.17. The predicted octanol–water partition coefficient (Wildman–Crippen LogP) is 4.23. The van der Waals surface area contributed by atoms with E-state index in [0.29, 0.717) is 54.6 Å². The van der Waals surface area contributed by atoms with Gasteiger partial charge in [-0.15, -0.1) is 0 Å². The van der Waals surface area contributed by atoms with Gasteiger partial charge in [0.05, 0.1) is 23.8 Å². The van der Waals surface area contributed by atoms with Crippen molar-refractivity contribution >= 4 is 29.5 Å². The van der Waals surface area contributed by atoms with Crippen molar-refractivity contribution in [3.63, 3.8) is 0 Å². The number of ether oxygens (including phenoxy) is 1. The first-order chi connectivity index (χ1) is 18.2. The molecule has 38 heavy (non-hydrogen) atoms. The summed E-state index contributed by atoms with van der Waals surface area (Å²) in [7, 11) is 0. The van der Waals surface area contributed by atoms with Gasteiger partial charge in [-0.25, -0.2) is 14.0 Å². The van der Waals surface area contributed by atoms with Gasteiger partial charge in [0, 0.05) is 49.5 Å². The molecule has 1 N–H and O–H groups in total. The largest absolute Gasteiger partial charge is 0.463 e. The van der Waals surface area contributed by atoms with Crippen molar-refractivity contribution in [1.82, 2.24) is 20.0 Å². The van der Waals surface area contributed by atoms with Crippen molar-refractivity contribution in [2.45, 2.75) is 32.9 Å². The van der Waals surface area contributed by atoms with E-state index in [4.69, 9.17) is 16.3 Å². The lowest BCUT2D eigenvalue weighted by atomic mass is 9.94. The van der Waals surface area contributed by atoms with Crippen LogP contribution in [-0.4, -0.2) is 78.0 Å². The summed E-state index contributed by atoms with van der Waals surface area (Å²) < 4.78 is 19.7. The van der Waals surface area contributed by atoms with Crippen molar-refractivity contribution < 1.29 is 23.5 Å². The zero-order chi connectivity index (χ0) is 27.4. The van der Waals surface area contributed by atoms with Crippen LogP contribution in [0.25, 0.3) is 0 Å².